The topological polar surface area (TPSA) is 63.5 Å². The molecule has 1 amide bonds. The van der Waals surface area contributed by atoms with Crippen LogP contribution in [0.25, 0.3) is 0 Å². The van der Waals surface area contributed by atoms with E-state index in [-0.39, 0.29) is 24.4 Å². The molecule has 0 aliphatic carbocycles. The van der Waals surface area contributed by atoms with Gasteiger partial charge in [0, 0.05) is 31.9 Å². The van der Waals surface area contributed by atoms with Crippen LogP contribution in [-0.2, 0) is 17.9 Å². The number of fused-ring (bicyclic) bond motifs is 1. The highest BCUT2D eigenvalue weighted by Gasteiger charge is 2.31. The van der Waals surface area contributed by atoms with Crippen LogP contribution in [0.1, 0.15) is 27.8 Å². The van der Waals surface area contributed by atoms with E-state index in [2.05, 4.69) is 27.3 Å². The summed E-state index contributed by atoms with van der Waals surface area (Å²) in [6, 6.07) is 16.5. The van der Waals surface area contributed by atoms with Crippen molar-refractivity contribution in [2.24, 2.45) is 0 Å². The molecule has 0 unspecified atom stereocenters. The van der Waals surface area contributed by atoms with Crippen molar-refractivity contribution >= 4 is 11.6 Å². The molecule has 2 aromatic carbocycles. The summed E-state index contributed by atoms with van der Waals surface area (Å²) in [5, 5.41) is 8.34. The molecule has 1 atom stereocenters. The second-order valence-electron chi connectivity index (χ2n) is 7.53. The van der Waals surface area contributed by atoms with Gasteiger partial charge in [-0.3, -0.25) is 4.79 Å². The minimum Gasteiger partial charge on any atom is -0.368 e. The summed E-state index contributed by atoms with van der Waals surface area (Å²) >= 11 is 0. The van der Waals surface area contributed by atoms with Gasteiger partial charge < -0.3 is 14.5 Å². The van der Waals surface area contributed by atoms with Crippen LogP contribution in [0.2, 0.25) is 0 Å². The Bertz CT molecular complexity index is 1030. The molecule has 1 aromatic heterocycles. The maximum atomic E-state index is 13.2. The summed E-state index contributed by atoms with van der Waals surface area (Å²) < 4.78 is 20.8. The average Bonchev–Trinajstić information content (AvgIpc) is 3.23. The van der Waals surface area contributed by atoms with Gasteiger partial charge in [0.25, 0.3) is 5.91 Å². The van der Waals surface area contributed by atoms with Gasteiger partial charge in [0.1, 0.15) is 11.9 Å². The lowest BCUT2D eigenvalue weighted by Gasteiger charge is -2.36. The first kappa shape index (κ1) is 18.7. The molecule has 7 nitrogen and oxygen atoms in total. The zero-order valence-electron chi connectivity index (χ0n) is 16.4. The van der Waals surface area contributed by atoms with Crippen molar-refractivity contribution in [3.63, 3.8) is 0 Å². The minimum atomic E-state index is -0.281. The van der Waals surface area contributed by atoms with Crippen LogP contribution >= 0.6 is 0 Å². The Balaban J connectivity index is 1.26. The number of hydrogen-bond donors (Lipinski definition) is 0. The van der Waals surface area contributed by atoms with Crippen molar-refractivity contribution in [3.05, 3.63) is 77.4 Å². The van der Waals surface area contributed by atoms with Crippen molar-refractivity contribution < 1.29 is 13.9 Å². The van der Waals surface area contributed by atoms with Crippen LogP contribution in [0.4, 0.5) is 10.1 Å². The van der Waals surface area contributed by atoms with E-state index in [0.29, 0.717) is 31.0 Å². The number of halogens is 1. The predicted octanol–water partition coefficient (Wildman–Crippen LogP) is 2.65. The Morgan fingerprint density at radius 2 is 1.73 bits per heavy atom. The third-order valence-corrected chi connectivity index (χ3v) is 5.73. The number of carbonyl (C=O) groups is 1. The Hall–Kier alpha value is -3.26. The molecule has 0 spiro atoms. The number of benzene rings is 2. The van der Waals surface area contributed by atoms with E-state index < -0.39 is 0 Å². The molecule has 0 N–H and O–H groups in total. The molecule has 0 saturated carbocycles. The highest BCUT2D eigenvalue weighted by Crippen LogP contribution is 2.27. The van der Waals surface area contributed by atoms with Crippen LogP contribution in [0.3, 0.4) is 0 Å². The van der Waals surface area contributed by atoms with Crippen molar-refractivity contribution in [1.29, 1.82) is 0 Å². The van der Waals surface area contributed by atoms with Crippen molar-refractivity contribution in [2.45, 2.75) is 19.3 Å². The Labute approximate surface area is 173 Å². The number of aromatic nitrogens is 3. The van der Waals surface area contributed by atoms with Gasteiger partial charge in [-0.2, -0.15) is 0 Å². The summed E-state index contributed by atoms with van der Waals surface area (Å²) in [7, 11) is 0. The number of nitrogens with zero attached hydrogens (tertiary/aromatic N) is 5. The lowest BCUT2D eigenvalue weighted by Crippen LogP contribution is -2.49. The molecular formula is C22H22FN5O2. The summed E-state index contributed by atoms with van der Waals surface area (Å²) in [5.41, 5.74) is 3.11. The lowest BCUT2D eigenvalue weighted by atomic mass is 10.1. The summed E-state index contributed by atoms with van der Waals surface area (Å²) in [6.07, 6.45) is -0.239. The third-order valence-electron chi connectivity index (χ3n) is 5.73. The van der Waals surface area contributed by atoms with Gasteiger partial charge in [0.15, 0.2) is 5.69 Å². The maximum Gasteiger partial charge on any atom is 0.276 e. The van der Waals surface area contributed by atoms with Crippen LogP contribution in [0.5, 0.6) is 0 Å². The first-order valence-electron chi connectivity index (χ1n) is 10.1. The fourth-order valence-corrected chi connectivity index (χ4v) is 4.01. The largest absolute Gasteiger partial charge is 0.368 e. The standard InChI is InChI=1S/C22H22FN5O2/c23-17-8-6-16(7-9-17)20-14-28-19(15-30-20)21(24-25-28)22(29)27-12-10-26(11-13-27)18-4-2-1-3-5-18/h1-9,20H,10-15H2/t20-/m0/s1. The molecule has 154 valence electrons. The maximum absolute atomic E-state index is 13.2. The average molecular weight is 407 g/mol. The normalized spacial score (nSPS) is 18.9. The number of ether oxygens (including phenoxy) is 1. The molecular weight excluding hydrogens is 385 g/mol. The number of hydrogen-bond acceptors (Lipinski definition) is 5. The molecule has 3 heterocycles. The second kappa shape index (κ2) is 7.87. The molecule has 1 fully saturated rings. The van der Waals surface area contributed by atoms with Crippen LogP contribution in [0.15, 0.2) is 54.6 Å². The molecule has 8 heteroatoms. The Morgan fingerprint density at radius 3 is 2.47 bits per heavy atom. The van der Waals surface area contributed by atoms with Gasteiger partial charge >= 0.3 is 0 Å². The summed E-state index contributed by atoms with van der Waals surface area (Å²) in [5.74, 6) is -0.385. The first-order valence-corrected chi connectivity index (χ1v) is 10.1. The number of carbonyl (C=O) groups excluding carboxylic acids is 1. The third kappa shape index (κ3) is 3.54. The van der Waals surface area contributed by atoms with Crippen LogP contribution < -0.4 is 4.90 Å². The van der Waals surface area contributed by atoms with Crippen molar-refractivity contribution in [1.82, 2.24) is 19.9 Å². The van der Waals surface area contributed by atoms with Gasteiger partial charge in [-0.25, -0.2) is 9.07 Å². The van der Waals surface area contributed by atoms with Gasteiger partial charge in [-0.15, -0.1) is 5.10 Å². The molecule has 2 aliphatic rings. The second-order valence-corrected chi connectivity index (χ2v) is 7.53. The fourth-order valence-electron chi connectivity index (χ4n) is 4.01. The SMILES string of the molecule is O=C(c1nnn2c1CO[C@H](c1ccc(F)cc1)C2)N1CCN(c2ccccc2)CC1. The number of para-hydroxylation sites is 1. The predicted molar refractivity (Wildman–Crippen MR) is 109 cm³/mol. The smallest absolute Gasteiger partial charge is 0.276 e. The fraction of sp³-hybridized carbons (Fsp3) is 0.318. The summed E-state index contributed by atoms with van der Waals surface area (Å²) in [6.45, 7) is 3.53. The molecule has 3 aromatic rings. The quantitative estimate of drug-likeness (QED) is 0.668. The molecule has 2 aliphatic heterocycles. The highest BCUT2D eigenvalue weighted by molar-refractivity contribution is 5.93. The highest BCUT2D eigenvalue weighted by atomic mass is 19.1. The Kier molecular flexibility index (Phi) is 4.92. The zero-order valence-corrected chi connectivity index (χ0v) is 16.4. The lowest BCUT2D eigenvalue weighted by molar-refractivity contribution is -0.00199. The monoisotopic (exact) mass is 407 g/mol. The van der Waals surface area contributed by atoms with E-state index >= 15 is 0 Å². The minimum absolute atomic E-state index is 0.104. The van der Waals surface area contributed by atoms with Crippen LogP contribution in [0, 0.1) is 5.82 Å². The van der Waals surface area contributed by atoms with Gasteiger partial charge in [0.05, 0.1) is 18.8 Å². The van der Waals surface area contributed by atoms with E-state index in [1.54, 1.807) is 16.8 Å². The molecule has 5 rings (SSSR count). The van der Waals surface area contributed by atoms with E-state index in [4.69, 9.17) is 4.74 Å². The van der Waals surface area contributed by atoms with Crippen molar-refractivity contribution in [2.75, 3.05) is 31.1 Å². The van der Waals surface area contributed by atoms with Gasteiger partial charge in [-0.1, -0.05) is 35.5 Å². The van der Waals surface area contributed by atoms with E-state index in [0.717, 1.165) is 18.7 Å². The number of anilines is 1. The molecule has 0 bridgehead atoms. The van der Waals surface area contributed by atoms with E-state index in [9.17, 15) is 9.18 Å². The van der Waals surface area contributed by atoms with Gasteiger partial charge in [0.2, 0.25) is 0 Å². The zero-order chi connectivity index (χ0) is 20.5. The summed E-state index contributed by atoms with van der Waals surface area (Å²) in [4.78, 5) is 17.2. The first-order chi connectivity index (χ1) is 14.7. The number of piperazine rings is 1. The number of amides is 1. The van der Waals surface area contributed by atoms with Crippen molar-refractivity contribution in [3.8, 4) is 0 Å². The van der Waals surface area contributed by atoms with Gasteiger partial charge in [-0.05, 0) is 29.8 Å². The number of rotatable bonds is 3. The van der Waals surface area contributed by atoms with E-state index in [1.165, 1.54) is 17.8 Å². The van der Waals surface area contributed by atoms with Crippen LogP contribution in [-0.4, -0.2) is 52.0 Å². The Morgan fingerprint density at radius 1 is 1.00 bits per heavy atom. The molecule has 1 saturated heterocycles. The molecule has 0 radical (unpaired) electrons. The van der Waals surface area contributed by atoms with E-state index in [1.807, 2.05) is 23.1 Å². The molecule has 30 heavy (non-hydrogen) atoms.